The highest BCUT2D eigenvalue weighted by molar-refractivity contribution is 5.95. The molecule has 74 valence electrons. The summed E-state index contributed by atoms with van der Waals surface area (Å²) in [4.78, 5) is 11.6. The first-order valence-electron chi connectivity index (χ1n) is 4.87. The van der Waals surface area contributed by atoms with Crippen LogP contribution in [0.2, 0.25) is 0 Å². The standard InChI is InChI=1S/C11H14N2O/c1-8-4-2-3-5-9(8)13-11(14)10-6-7-12-10/h2-5,10,12H,6-7H2,1H3,(H,13,14)/t10-/m1/s1. The molecule has 1 amide bonds. The van der Waals surface area contributed by atoms with Crippen molar-refractivity contribution in [1.82, 2.24) is 5.32 Å². The van der Waals surface area contributed by atoms with Crippen LogP contribution in [0.3, 0.4) is 0 Å². The number of carbonyl (C=O) groups is 1. The average molecular weight is 190 g/mol. The number of rotatable bonds is 2. The molecule has 0 saturated carbocycles. The molecule has 0 aliphatic carbocycles. The molecule has 3 heteroatoms. The van der Waals surface area contributed by atoms with Gasteiger partial charge in [0.1, 0.15) is 0 Å². The number of anilines is 1. The first-order chi connectivity index (χ1) is 6.77. The molecular formula is C11H14N2O. The highest BCUT2D eigenvalue weighted by Gasteiger charge is 2.24. The summed E-state index contributed by atoms with van der Waals surface area (Å²) in [6.07, 6.45) is 0.942. The Balaban J connectivity index is 2.03. The summed E-state index contributed by atoms with van der Waals surface area (Å²) in [7, 11) is 0. The second-order valence-corrected chi connectivity index (χ2v) is 3.60. The average Bonchev–Trinajstić information content (AvgIpc) is 2.05. The van der Waals surface area contributed by atoms with Crippen LogP contribution in [0.5, 0.6) is 0 Å². The Bertz CT molecular complexity index is 345. The number of nitrogens with one attached hydrogen (secondary N) is 2. The van der Waals surface area contributed by atoms with Crippen molar-refractivity contribution in [1.29, 1.82) is 0 Å². The monoisotopic (exact) mass is 190 g/mol. The van der Waals surface area contributed by atoms with Crippen molar-refractivity contribution in [2.45, 2.75) is 19.4 Å². The van der Waals surface area contributed by atoms with Gasteiger partial charge >= 0.3 is 0 Å². The molecule has 0 spiro atoms. The largest absolute Gasteiger partial charge is 0.324 e. The fourth-order valence-corrected chi connectivity index (χ4v) is 1.45. The number of amides is 1. The summed E-state index contributed by atoms with van der Waals surface area (Å²) in [6.45, 7) is 2.94. The van der Waals surface area contributed by atoms with Crippen LogP contribution < -0.4 is 10.6 Å². The Hall–Kier alpha value is -1.35. The van der Waals surface area contributed by atoms with Gasteiger partial charge < -0.3 is 10.6 Å². The molecule has 1 aromatic rings. The molecule has 0 radical (unpaired) electrons. The minimum Gasteiger partial charge on any atom is -0.324 e. The van der Waals surface area contributed by atoms with Crippen LogP contribution in [0.1, 0.15) is 12.0 Å². The van der Waals surface area contributed by atoms with E-state index in [1.807, 2.05) is 31.2 Å². The molecule has 1 aliphatic heterocycles. The molecule has 0 unspecified atom stereocenters. The number of hydrogen-bond donors (Lipinski definition) is 2. The predicted molar refractivity (Wildman–Crippen MR) is 56.2 cm³/mol. The quantitative estimate of drug-likeness (QED) is 0.738. The summed E-state index contributed by atoms with van der Waals surface area (Å²) in [6, 6.07) is 7.81. The van der Waals surface area contributed by atoms with Gasteiger partial charge in [0.25, 0.3) is 0 Å². The first kappa shape index (κ1) is 9.21. The Labute approximate surface area is 83.5 Å². The minimum absolute atomic E-state index is 0.00889. The van der Waals surface area contributed by atoms with E-state index < -0.39 is 0 Å². The van der Waals surface area contributed by atoms with Crippen molar-refractivity contribution in [2.75, 3.05) is 11.9 Å². The summed E-state index contributed by atoms with van der Waals surface area (Å²) < 4.78 is 0. The molecule has 0 bridgehead atoms. The van der Waals surface area contributed by atoms with E-state index in [0.717, 1.165) is 24.2 Å². The minimum atomic E-state index is 0.00889. The topological polar surface area (TPSA) is 41.1 Å². The van der Waals surface area contributed by atoms with Gasteiger partial charge in [0.2, 0.25) is 5.91 Å². The van der Waals surface area contributed by atoms with Crippen LogP contribution in [0.4, 0.5) is 5.69 Å². The molecule has 1 aliphatic rings. The lowest BCUT2D eigenvalue weighted by Gasteiger charge is -2.26. The predicted octanol–water partition coefficient (Wildman–Crippen LogP) is 1.30. The summed E-state index contributed by atoms with van der Waals surface area (Å²) in [5.41, 5.74) is 2.01. The SMILES string of the molecule is Cc1ccccc1NC(=O)[C@H]1CCN1. The number of carbonyl (C=O) groups excluding carboxylic acids is 1. The second kappa shape index (κ2) is 3.80. The van der Waals surface area contributed by atoms with Crippen molar-refractivity contribution >= 4 is 11.6 Å². The second-order valence-electron chi connectivity index (χ2n) is 3.60. The number of benzene rings is 1. The number of para-hydroxylation sites is 1. The molecule has 3 nitrogen and oxygen atoms in total. The van der Waals surface area contributed by atoms with Gasteiger partial charge in [-0.25, -0.2) is 0 Å². The van der Waals surface area contributed by atoms with E-state index in [-0.39, 0.29) is 11.9 Å². The van der Waals surface area contributed by atoms with Crippen molar-refractivity contribution in [3.63, 3.8) is 0 Å². The highest BCUT2D eigenvalue weighted by Crippen LogP contribution is 2.14. The Morgan fingerprint density at radius 1 is 1.50 bits per heavy atom. The maximum atomic E-state index is 11.6. The van der Waals surface area contributed by atoms with E-state index in [2.05, 4.69) is 10.6 Å². The first-order valence-corrected chi connectivity index (χ1v) is 4.87. The van der Waals surface area contributed by atoms with E-state index in [9.17, 15) is 4.79 Å². The van der Waals surface area contributed by atoms with Crippen molar-refractivity contribution < 1.29 is 4.79 Å². The third-order valence-electron chi connectivity index (χ3n) is 2.54. The molecule has 1 atom stereocenters. The Morgan fingerprint density at radius 3 is 2.79 bits per heavy atom. The van der Waals surface area contributed by atoms with Crippen LogP contribution in [-0.2, 0) is 4.79 Å². The van der Waals surface area contributed by atoms with Crippen molar-refractivity contribution in [2.24, 2.45) is 0 Å². The fraction of sp³-hybridized carbons (Fsp3) is 0.364. The molecule has 2 N–H and O–H groups in total. The van der Waals surface area contributed by atoms with Gasteiger partial charge in [-0.3, -0.25) is 4.79 Å². The zero-order chi connectivity index (χ0) is 9.97. The van der Waals surface area contributed by atoms with Gasteiger partial charge in [0, 0.05) is 5.69 Å². The molecule has 0 aromatic heterocycles. The van der Waals surface area contributed by atoms with Gasteiger partial charge in [0.15, 0.2) is 0 Å². The van der Waals surface area contributed by atoms with Gasteiger partial charge in [-0.05, 0) is 31.5 Å². The van der Waals surface area contributed by atoms with E-state index in [1.165, 1.54) is 0 Å². The van der Waals surface area contributed by atoms with Gasteiger partial charge in [0.05, 0.1) is 6.04 Å². The Kier molecular flexibility index (Phi) is 2.50. The lowest BCUT2D eigenvalue weighted by molar-refractivity contribution is -0.119. The summed E-state index contributed by atoms with van der Waals surface area (Å²) >= 11 is 0. The number of aryl methyl sites for hydroxylation is 1. The maximum absolute atomic E-state index is 11.6. The van der Waals surface area contributed by atoms with E-state index >= 15 is 0 Å². The lowest BCUT2D eigenvalue weighted by atomic mass is 10.1. The molecule has 2 rings (SSSR count). The molecule has 1 aromatic carbocycles. The Morgan fingerprint density at radius 2 is 2.21 bits per heavy atom. The van der Waals surface area contributed by atoms with Gasteiger partial charge in [-0.1, -0.05) is 18.2 Å². The third-order valence-corrected chi connectivity index (χ3v) is 2.54. The van der Waals surface area contributed by atoms with Gasteiger partial charge in [-0.15, -0.1) is 0 Å². The number of hydrogen-bond acceptors (Lipinski definition) is 2. The molecule has 1 saturated heterocycles. The van der Waals surface area contributed by atoms with Crippen LogP contribution in [-0.4, -0.2) is 18.5 Å². The van der Waals surface area contributed by atoms with E-state index in [1.54, 1.807) is 0 Å². The normalized spacial score (nSPS) is 19.9. The highest BCUT2D eigenvalue weighted by atomic mass is 16.2. The summed E-state index contributed by atoms with van der Waals surface area (Å²) in [5.74, 6) is 0.0746. The van der Waals surface area contributed by atoms with E-state index in [4.69, 9.17) is 0 Å². The van der Waals surface area contributed by atoms with E-state index in [0.29, 0.717) is 0 Å². The zero-order valence-electron chi connectivity index (χ0n) is 8.21. The molecule has 1 fully saturated rings. The zero-order valence-corrected chi connectivity index (χ0v) is 8.21. The van der Waals surface area contributed by atoms with Crippen LogP contribution >= 0.6 is 0 Å². The molecule has 14 heavy (non-hydrogen) atoms. The van der Waals surface area contributed by atoms with Crippen molar-refractivity contribution in [3.8, 4) is 0 Å². The van der Waals surface area contributed by atoms with Crippen LogP contribution in [0.25, 0.3) is 0 Å². The van der Waals surface area contributed by atoms with Crippen LogP contribution in [0, 0.1) is 6.92 Å². The molecular weight excluding hydrogens is 176 g/mol. The van der Waals surface area contributed by atoms with Crippen molar-refractivity contribution in [3.05, 3.63) is 29.8 Å². The third kappa shape index (κ3) is 1.77. The summed E-state index contributed by atoms with van der Waals surface area (Å²) in [5, 5.41) is 5.98. The smallest absolute Gasteiger partial charge is 0.241 e. The molecule has 1 heterocycles. The lowest BCUT2D eigenvalue weighted by Crippen LogP contribution is -2.50. The van der Waals surface area contributed by atoms with Gasteiger partial charge in [-0.2, -0.15) is 0 Å². The maximum Gasteiger partial charge on any atom is 0.241 e. The fourth-order valence-electron chi connectivity index (χ4n) is 1.45. The van der Waals surface area contributed by atoms with Crippen LogP contribution in [0.15, 0.2) is 24.3 Å².